The molecule has 0 spiro atoms. The number of benzene rings is 2. The van der Waals surface area contributed by atoms with E-state index in [1.165, 1.54) is 0 Å². The molecule has 2 heterocycles. The van der Waals surface area contributed by atoms with Crippen molar-refractivity contribution in [1.82, 2.24) is 4.98 Å². The fourth-order valence-electron chi connectivity index (χ4n) is 4.54. The average molecular weight is 380 g/mol. The van der Waals surface area contributed by atoms with E-state index in [2.05, 4.69) is 11.1 Å². The van der Waals surface area contributed by atoms with Crippen molar-refractivity contribution in [3.63, 3.8) is 0 Å². The van der Waals surface area contributed by atoms with E-state index in [0.29, 0.717) is 23.4 Å². The second-order valence-corrected chi connectivity index (χ2v) is 7.48. The number of nitriles is 1. The van der Waals surface area contributed by atoms with E-state index in [-0.39, 0.29) is 5.78 Å². The van der Waals surface area contributed by atoms with Gasteiger partial charge in [-0.2, -0.15) is 5.26 Å². The third kappa shape index (κ3) is 2.65. The number of allylic oxidation sites excluding steroid dienone is 3. The number of rotatable bonds is 2. The predicted octanol–water partition coefficient (Wildman–Crippen LogP) is 4.47. The summed E-state index contributed by atoms with van der Waals surface area (Å²) in [4.78, 5) is 18.2. The minimum atomic E-state index is -0.429. The molecule has 1 atom stereocenters. The van der Waals surface area contributed by atoms with Crippen LogP contribution in [-0.4, -0.2) is 10.8 Å². The molecule has 2 aliphatic rings. The fourth-order valence-corrected chi connectivity index (χ4v) is 4.54. The van der Waals surface area contributed by atoms with Crippen molar-refractivity contribution >= 4 is 22.4 Å². The molecule has 0 fully saturated rings. The van der Waals surface area contributed by atoms with Gasteiger partial charge in [0.2, 0.25) is 0 Å². The van der Waals surface area contributed by atoms with Crippen molar-refractivity contribution in [3.05, 3.63) is 89.0 Å². The Labute approximate surface area is 168 Å². The smallest absolute Gasteiger partial charge is 0.161 e. The number of carbonyl (C=O) groups excluding carboxylic acids is 1. The minimum Gasteiger partial charge on any atom is -0.384 e. The van der Waals surface area contributed by atoms with Crippen LogP contribution in [0.3, 0.4) is 0 Å². The quantitative estimate of drug-likeness (QED) is 0.687. The third-order valence-corrected chi connectivity index (χ3v) is 5.84. The van der Waals surface area contributed by atoms with Gasteiger partial charge in [0.25, 0.3) is 0 Å². The van der Waals surface area contributed by atoms with Crippen LogP contribution in [0.4, 0.5) is 5.69 Å². The number of hydrogen-bond donors (Lipinski definition) is 2. The highest BCUT2D eigenvalue weighted by molar-refractivity contribution is 6.01. The molecule has 0 bridgehead atoms. The third-order valence-electron chi connectivity index (χ3n) is 5.84. The summed E-state index contributed by atoms with van der Waals surface area (Å²) in [7, 11) is 0. The normalized spacial score (nSPS) is 19.5. The topological polar surface area (TPSA) is 85.9 Å². The van der Waals surface area contributed by atoms with Gasteiger partial charge in [-0.1, -0.05) is 24.3 Å². The number of carbonyl (C=O) groups is 1. The molecule has 3 aromatic rings. The van der Waals surface area contributed by atoms with Crippen LogP contribution in [0.2, 0.25) is 0 Å². The number of H-pyrrole nitrogens is 1. The number of Topliss-reactive ketones (excluding diaryl/α,β-unsaturated/α-hetero) is 1. The van der Waals surface area contributed by atoms with E-state index in [1.54, 1.807) is 0 Å². The molecule has 1 aliphatic heterocycles. The molecular weight excluding hydrogens is 360 g/mol. The highest BCUT2D eigenvalue weighted by Crippen LogP contribution is 2.46. The number of nitrogens with zero attached hydrogens (tertiary/aromatic N) is 2. The highest BCUT2D eigenvalue weighted by atomic mass is 16.1. The molecule has 5 rings (SSSR count). The maximum absolute atomic E-state index is 13.1. The van der Waals surface area contributed by atoms with Crippen LogP contribution < -0.4 is 10.6 Å². The zero-order chi connectivity index (χ0) is 20.0. The summed E-state index contributed by atoms with van der Waals surface area (Å²) in [5.41, 5.74) is 11.4. The fraction of sp³-hybridized carbons (Fsp3) is 0.167. The lowest BCUT2D eigenvalue weighted by molar-refractivity contribution is -0.116. The Hall–Kier alpha value is -3.78. The van der Waals surface area contributed by atoms with Crippen LogP contribution in [0.1, 0.15) is 30.7 Å². The van der Waals surface area contributed by atoms with E-state index in [0.717, 1.165) is 40.7 Å². The van der Waals surface area contributed by atoms with Gasteiger partial charge in [-0.3, -0.25) is 9.69 Å². The van der Waals surface area contributed by atoms with Crippen molar-refractivity contribution in [2.75, 3.05) is 4.90 Å². The number of ketones is 1. The van der Waals surface area contributed by atoms with Crippen LogP contribution in [0, 0.1) is 11.3 Å². The zero-order valence-electron chi connectivity index (χ0n) is 15.9. The number of aromatic amines is 1. The molecule has 142 valence electrons. The summed E-state index contributed by atoms with van der Waals surface area (Å²) in [6.45, 7) is 0. The molecule has 2 aromatic carbocycles. The van der Waals surface area contributed by atoms with Gasteiger partial charge in [-0.05, 0) is 54.1 Å². The molecular formula is C24H20N4O. The van der Waals surface area contributed by atoms with Gasteiger partial charge in [0.1, 0.15) is 5.82 Å². The number of nitrogens with one attached hydrogen (secondary N) is 1. The van der Waals surface area contributed by atoms with Gasteiger partial charge < -0.3 is 10.7 Å². The van der Waals surface area contributed by atoms with E-state index in [1.807, 2.05) is 65.7 Å². The molecule has 5 nitrogen and oxygen atoms in total. The Bertz CT molecular complexity index is 1230. The van der Waals surface area contributed by atoms with E-state index in [9.17, 15) is 10.1 Å². The molecule has 29 heavy (non-hydrogen) atoms. The van der Waals surface area contributed by atoms with Crippen LogP contribution in [0.25, 0.3) is 10.9 Å². The maximum atomic E-state index is 13.1. The summed E-state index contributed by atoms with van der Waals surface area (Å²) in [6, 6.07) is 20.1. The summed E-state index contributed by atoms with van der Waals surface area (Å²) in [5.74, 6) is 0.0833. The molecule has 0 saturated carbocycles. The second-order valence-electron chi connectivity index (χ2n) is 7.48. The van der Waals surface area contributed by atoms with Gasteiger partial charge in [0.15, 0.2) is 5.78 Å². The van der Waals surface area contributed by atoms with E-state index in [4.69, 9.17) is 5.73 Å². The number of fused-ring (bicyclic) bond motifs is 1. The first kappa shape index (κ1) is 17.3. The van der Waals surface area contributed by atoms with Gasteiger partial charge in [0, 0.05) is 35.1 Å². The standard InChI is InChI=1S/C24H20N4O/c25-14-18-22(16-9-10-19-15(13-16)11-12-27-19)23-20(7-4-8-21(23)29)28(24(18)26)17-5-2-1-3-6-17/h1-3,5-6,9-13,22,27H,4,7-8,26H2. The molecule has 0 saturated heterocycles. The van der Waals surface area contributed by atoms with Crippen LogP contribution in [-0.2, 0) is 4.79 Å². The number of hydrogen-bond acceptors (Lipinski definition) is 4. The molecule has 1 aliphatic carbocycles. The van der Waals surface area contributed by atoms with Gasteiger partial charge in [-0.25, -0.2) is 0 Å². The summed E-state index contributed by atoms with van der Waals surface area (Å²) >= 11 is 0. The predicted molar refractivity (Wildman–Crippen MR) is 113 cm³/mol. The lowest BCUT2D eigenvalue weighted by Crippen LogP contribution is -2.38. The Morgan fingerprint density at radius 1 is 1.10 bits per heavy atom. The largest absolute Gasteiger partial charge is 0.384 e. The number of nitrogens with two attached hydrogens (primary N) is 1. The number of anilines is 1. The lowest BCUT2D eigenvalue weighted by atomic mass is 9.75. The van der Waals surface area contributed by atoms with Crippen molar-refractivity contribution in [3.8, 4) is 6.07 Å². The van der Waals surface area contributed by atoms with Gasteiger partial charge >= 0.3 is 0 Å². The van der Waals surface area contributed by atoms with Crippen LogP contribution in [0.5, 0.6) is 0 Å². The Morgan fingerprint density at radius 2 is 1.93 bits per heavy atom. The summed E-state index contributed by atoms with van der Waals surface area (Å²) in [5, 5.41) is 11.1. The molecule has 5 heteroatoms. The summed E-state index contributed by atoms with van der Waals surface area (Å²) < 4.78 is 0. The highest BCUT2D eigenvalue weighted by Gasteiger charge is 2.40. The van der Waals surface area contributed by atoms with Crippen LogP contribution in [0.15, 0.2) is 83.5 Å². The zero-order valence-corrected chi connectivity index (χ0v) is 15.9. The maximum Gasteiger partial charge on any atom is 0.161 e. The molecule has 1 aromatic heterocycles. The minimum absolute atomic E-state index is 0.103. The molecule has 0 radical (unpaired) electrons. The van der Waals surface area contributed by atoms with E-state index < -0.39 is 5.92 Å². The number of para-hydroxylation sites is 1. The first-order valence-electron chi connectivity index (χ1n) is 9.77. The van der Waals surface area contributed by atoms with Crippen LogP contribution >= 0.6 is 0 Å². The molecule has 3 N–H and O–H groups in total. The van der Waals surface area contributed by atoms with Crippen molar-refractivity contribution in [2.45, 2.75) is 25.2 Å². The van der Waals surface area contributed by atoms with Crippen molar-refractivity contribution < 1.29 is 4.79 Å². The van der Waals surface area contributed by atoms with Crippen molar-refractivity contribution in [1.29, 1.82) is 5.26 Å². The number of aromatic nitrogens is 1. The van der Waals surface area contributed by atoms with Gasteiger partial charge in [0.05, 0.1) is 17.6 Å². The SMILES string of the molecule is N#CC1=C(N)N(c2ccccc2)C2=C(C(=O)CCC2)C1c1ccc2[nH]ccc2c1. The molecule has 0 amide bonds. The Morgan fingerprint density at radius 3 is 2.72 bits per heavy atom. The second kappa shape index (κ2) is 6.68. The van der Waals surface area contributed by atoms with E-state index >= 15 is 0 Å². The Balaban J connectivity index is 1.76. The average Bonchev–Trinajstić information content (AvgIpc) is 3.21. The lowest BCUT2D eigenvalue weighted by Gasteiger charge is -2.39. The molecule has 1 unspecified atom stereocenters. The van der Waals surface area contributed by atoms with Crippen molar-refractivity contribution in [2.24, 2.45) is 5.73 Å². The first-order valence-corrected chi connectivity index (χ1v) is 9.77. The monoisotopic (exact) mass is 380 g/mol. The summed E-state index contributed by atoms with van der Waals surface area (Å²) in [6.07, 6.45) is 3.94. The first-order chi connectivity index (χ1) is 14.2. The van der Waals surface area contributed by atoms with Gasteiger partial charge in [-0.15, -0.1) is 0 Å². The Kier molecular flexibility index (Phi) is 3.99.